The van der Waals surface area contributed by atoms with Gasteiger partial charge in [-0.3, -0.25) is 14.5 Å². The number of hydrogen-bond donors (Lipinski definition) is 2. The minimum atomic E-state index is -0.342. The summed E-state index contributed by atoms with van der Waals surface area (Å²) in [4.78, 5) is 26.9. The maximum atomic E-state index is 12.4. The van der Waals surface area contributed by atoms with Crippen molar-refractivity contribution in [3.05, 3.63) is 53.5 Å². The highest BCUT2D eigenvalue weighted by Crippen LogP contribution is 2.18. The summed E-state index contributed by atoms with van der Waals surface area (Å²) in [6.45, 7) is 6.89. The van der Waals surface area contributed by atoms with Crippen LogP contribution in [0.1, 0.15) is 32.9 Å². The van der Waals surface area contributed by atoms with Gasteiger partial charge in [-0.1, -0.05) is 6.07 Å². The van der Waals surface area contributed by atoms with Crippen LogP contribution in [0.4, 0.5) is 5.69 Å². The Morgan fingerprint density at radius 3 is 2.70 bits per heavy atom. The average Bonchev–Trinajstić information content (AvgIpc) is 3.22. The quantitative estimate of drug-likeness (QED) is 0.730. The molecule has 0 unspecified atom stereocenters. The Morgan fingerprint density at radius 1 is 1.15 bits per heavy atom. The van der Waals surface area contributed by atoms with Crippen LogP contribution in [-0.4, -0.2) is 56.1 Å². The molecule has 27 heavy (non-hydrogen) atoms. The minimum Gasteiger partial charge on any atom is -0.459 e. The summed E-state index contributed by atoms with van der Waals surface area (Å²) in [6.07, 6.45) is 2.34. The molecule has 2 aromatic rings. The molecule has 0 bridgehead atoms. The SMILES string of the molecule is Cc1ccc(C(=O)NCCCN2CCOCC2)cc1NC(=O)c1ccco1. The predicted molar refractivity (Wildman–Crippen MR) is 102 cm³/mol. The standard InChI is InChI=1S/C20H25N3O4/c1-15-5-6-16(14-17(15)22-20(25)18-4-2-11-27-18)19(24)21-7-3-8-23-9-12-26-13-10-23/h2,4-6,11,14H,3,7-10,12-13H2,1H3,(H,21,24)(H,22,25). The van der Waals surface area contributed by atoms with Gasteiger partial charge in [0.15, 0.2) is 5.76 Å². The molecule has 1 aromatic heterocycles. The van der Waals surface area contributed by atoms with Crippen molar-refractivity contribution in [1.82, 2.24) is 10.2 Å². The Bertz CT molecular complexity index is 768. The number of carbonyl (C=O) groups excluding carboxylic acids is 2. The molecule has 2 N–H and O–H groups in total. The van der Waals surface area contributed by atoms with E-state index >= 15 is 0 Å². The number of amides is 2. The number of hydrogen-bond acceptors (Lipinski definition) is 5. The summed E-state index contributed by atoms with van der Waals surface area (Å²) < 4.78 is 10.4. The number of furan rings is 1. The van der Waals surface area contributed by atoms with Crippen molar-refractivity contribution in [3.63, 3.8) is 0 Å². The fraction of sp³-hybridized carbons (Fsp3) is 0.400. The molecule has 1 aromatic carbocycles. The topological polar surface area (TPSA) is 83.8 Å². The fourth-order valence-electron chi connectivity index (χ4n) is 2.92. The molecule has 1 aliphatic heterocycles. The van der Waals surface area contributed by atoms with Gasteiger partial charge in [0, 0.05) is 30.9 Å². The summed E-state index contributed by atoms with van der Waals surface area (Å²) in [5.74, 6) is -0.260. The molecular weight excluding hydrogens is 346 g/mol. The van der Waals surface area contributed by atoms with Crippen molar-refractivity contribution < 1.29 is 18.7 Å². The largest absolute Gasteiger partial charge is 0.459 e. The van der Waals surface area contributed by atoms with Gasteiger partial charge in [-0.15, -0.1) is 0 Å². The molecule has 144 valence electrons. The predicted octanol–water partition coefficient (Wildman–Crippen LogP) is 2.29. The zero-order valence-corrected chi connectivity index (χ0v) is 15.5. The van der Waals surface area contributed by atoms with E-state index in [9.17, 15) is 9.59 Å². The molecule has 7 nitrogen and oxygen atoms in total. The van der Waals surface area contributed by atoms with E-state index < -0.39 is 0 Å². The van der Waals surface area contributed by atoms with Crippen molar-refractivity contribution in [1.29, 1.82) is 0 Å². The number of anilines is 1. The lowest BCUT2D eigenvalue weighted by atomic mass is 10.1. The van der Waals surface area contributed by atoms with Gasteiger partial charge < -0.3 is 19.8 Å². The molecule has 0 aliphatic carbocycles. The first-order valence-electron chi connectivity index (χ1n) is 9.17. The van der Waals surface area contributed by atoms with Crippen molar-refractivity contribution in [2.24, 2.45) is 0 Å². The van der Waals surface area contributed by atoms with E-state index in [1.165, 1.54) is 6.26 Å². The Hall–Kier alpha value is -2.64. The maximum Gasteiger partial charge on any atom is 0.291 e. The average molecular weight is 371 g/mol. The number of benzene rings is 1. The molecule has 1 aliphatic rings. The Labute approximate surface area is 158 Å². The summed E-state index contributed by atoms with van der Waals surface area (Å²) in [5.41, 5.74) is 1.98. The van der Waals surface area contributed by atoms with Gasteiger partial charge in [0.25, 0.3) is 11.8 Å². The van der Waals surface area contributed by atoms with E-state index in [1.807, 2.05) is 13.0 Å². The molecular formula is C20H25N3O4. The van der Waals surface area contributed by atoms with Crippen LogP contribution < -0.4 is 10.6 Å². The molecule has 0 saturated carbocycles. The molecule has 0 spiro atoms. The number of ether oxygens (including phenoxy) is 1. The van der Waals surface area contributed by atoms with Gasteiger partial charge in [0.1, 0.15) is 0 Å². The van der Waals surface area contributed by atoms with Crippen LogP contribution in [0.3, 0.4) is 0 Å². The van der Waals surface area contributed by atoms with Gasteiger partial charge in [0.2, 0.25) is 0 Å². The van der Waals surface area contributed by atoms with E-state index in [1.54, 1.807) is 24.3 Å². The first kappa shape index (κ1) is 19.1. The van der Waals surface area contributed by atoms with E-state index in [4.69, 9.17) is 9.15 Å². The molecule has 0 atom stereocenters. The van der Waals surface area contributed by atoms with Gasteiger partial charge in [0.05, 0.1) is 19.5 Å². The fourth-order valence-corrected chi connectivity index (χ4v) is 2.92. The number of nitrogens with one attached hydrogen (secondary N) is 2. The van der Waals surface area contributed by atoms with Crippen molar-refractivity contribution in [2.75, 3.05) is 44.7 Å². The lowest BCUT2D eigenvalue weighted by Crippen LogP contribution is -2.38. The second-order valence-electron chi connectivity index (χ2n) is 6.52. The maximum absolute atomic E-state index is 12.4. The van der Waals surface area contributed by atoms with Crippen LogP contribution in [0.2, 0.25) is 0 Å². The second-order valence-corrected chi connectivity index (χ2v) is 6.52. The first-order chi connectivity index (χ1) is 13.1. The number of morpholine rings is 1. The number of aryl methyl sites for hydroxylation is 1. The van der Waals surface area contributed by atoms with Crippen LogP contribution >= 0.6 is 0 Å². The molecule has 2 heterocycles. The lowest BCUT2D eigenvalue weighted by molar-refractivity contribution is 0.0374. The van der Waals surface area contributed by atoms with E-state index in [-0.39, 0.29) is 17.6 Å². The van der Waals surface area contributed by atoms with Crippen LogP contribution in [-0.2, 0) is 4.74 Å². The number of rotatable bonds is 7. The zero-order valence-electron chi connectivity index (χ0n) is 15.5. The van der Waals surface area contributed by atoms with Crippen LogP contribution in [0.5, 0.6) is 0 Å². The molecule has 3 rings (SSSR count). The van der Waals surface area contributed by atoms with Gasteiger partial charge in [-0.05, 0) is 49.7 Å². The highest BCUT2D eigenvalue weighted by Gasteiger charge is 2.13. The lowest BCUT2D eigenvalue weighted by Gasteiger charge is -2.26. The van der Waals surface area contributed by atoms with Crippen molar-refractivity contribution in [2.45, 2.75) is 13.3 Å². The molecule has 1 fully saturated rings. The molecule has 1 saturated heterocycles. The van der Waals surface area contributed by atoms with E-state index in [0.29, 0.717) is 17.8 Å². The van der Waals surface area contributed by atoms with Crippen molar-refractivity contribution in [3.8, 4) is 0 Å². The second kappa shape index (κ2) is 9.34. The first-order valence-corrected chi connectivity index (χ1v) is 9.17. The van der Waals surface area contributed by atoms with Gasteiger partial charge in [-0.25, -0.2) is 0 Å². The summed E-state index contributed by atoms with van der Waals surface area (Å²) >= 11 is 0. The molecule has 0 radical (unpaired) electrons. The number of carbonyl (C=O) groups is 2. The summed E-state index contributed by atoms with van der Waals surface area (Å²) in [5, 5.41) is 5.72. The van der Waals surface area contributed by atoms with E-state index in [0.717, 1.165) is 44.8 Å². The van der Waals surface area contributed by atoms with Gasteiger partial charge >= 0.3 is 0 Å². The van der Waals surface area contributed by atoms with Crippen LogP contribution in [0.25, 0.3) is 0 Å². The van der Waals surface area contributed by atoms with Crippen LogP contribution in [0.15, 0.2) is 41.0 Å². The molecule has 7 heteroatoms. The van der Waals surface area contributed by atoms with Crippen LogP contribution in [0, 0.1) is 6.92 Å². The monoisotopic (exact) mass is 371 g/mol. The Morgan fingerprint density at radius 2 is 1.96 bits per heavy atom. The number of nitrogens with zero attached hydrogens (tertiary/aromatic N) is 1. The highest BCUT2D eigenvalue weighted by molar-refractivity contribution is 6.03. The third-order valence-corrected chi connectivity index (χ3v) is 4.53. The summed E-state index contributed by atoms with van der Waals surface area (Å²) in [7, 11) is 0. The zero-order chi connectivity index (χ0) is 19.1. The van der Waals surface area contributed by atoms with Crippen molar-refractivity contribution >= 4 is 17.5 Å². The third-order valence-electron chi connectivity index (χ3n) is 4.53. The Kier molecular flexibility index (Phi) is 6.62. The normalized spacial score (nSPS) is 14.7. The Balaban J connectivity index is 1.51. The van der Waals surface area contributed by atoms with E-state index in [2.05, 4.69) is 15.5 Å². The smallest absolute Gasteiger partial charge is 0.291 e. The summed E-state index contributed by atoms with van der Waals surface area (Å²) in [6, 6.07) is 8.52. The third kappa shape index (κ3) is 5.42. The highest BCUT2D eigenvalue weighted by atomic mass is 16.5. The molecule has 2 amide bonds. The van der Waals surface area contributed by atoms with Gasteiger partial charge in [-0.2, -0.15) is 0 Å². The minimum absolute atomic E-state index is 0.148.